The fraction of sp³-hybridized carbons (Fsp3) is 0.312. The molecule has 1 aromatic carbocycles. The van der Waals surface area contributed by atoms with Crippen molar-refractivity contribution < 1.29 is 14.3 Å². The summed E-state index contributed by atoms with van der Waals surface area (Å²) in [6, 6.07) is 4.88. The fourth-order valence-electron chi connectivity index (χ4n) is 2.73. The Balaban J connectivity index is 2.14. The molecule has 3 rings (SSSR count). The number of hydrogen-bond acceptors (Lipinski definition) is 6. The van der Waals surface area contributed by atoms with E-state index in [1.807, 2.05) is 13.0 Å². The van der Waals surface area contributed by atoms with Crippen molar-refractivity contribution in [3.8, 4) is 5.75 Å². The molecule has 1 N–H and O–H groups in total. The van der Waals surface area contributed by atoms with Crippen LogP contribution in [0.4, 0.5) is 5.95 Å². The summed E-state index contributed by atoms with van der Waals surface area (Å²) in [6.07, 6.45) is 1.43. The molecule has 1 aliphatic heterocycles. The SMILES string of the molecule is CCOC(=O)C1=C(C)Nc2ncnn2[C@H]1c1ccc(OC)c(Cl)c1. The molecule has 2 heterocycles. The lowest BCUT2D eigenvalue weighted by molar-refractivity contribution is -0.139. The maximum atomic E-state index is 12.5. The van der Waals surface area contributed by atoms with Crippen LogP contribution in [0.1, 0.15) is 25.5 Å². The average Bonchev–Trinajstić information content (AvgIpc) is 3.01. The molecule has 0 amide bonds. The highest BCUT2D eigenvalue weighted by Crippen LogP contribution is 2.37. The van der Waals surface area contributed by atoms with Crippen LogP contribution in [-0.2, 0) is 9.53 Å². The molecule has 7 nitrogen and oxygen atoms in total. The normalized spacial score (nSPS) is 16.4. The van der Waals surface area contributed by atoms with E-state index in [-0.39, 0.29) is 6.61 Å². The van der Waals surface area contributed by atoms with Crippen LogP contribution >= 0.6 is 11.6 Å². The van der Waals surface area contributed by atoms with Crippen molar-refractivity contribution in [1.82, 2.24) is 14.8 Å². The molecule has 0 bridgehead atoms. The first-order valence-electron chi connectivity index (χ1n) is 7.44. The first kappa shape index (κ1) is 16.3. The maximum absolute atomic E-state index is 12.5. The Morgan fingerprint density at radius 1 is 1.46 bits per heavy atom. The second-order valence-electron chi connectivity index (χ2n) is 5.21. The van der Waals surface area contributed by atoms with E-state index >= 15 is 0 Å². The number of carbonyl (C=O) groups excluding carboxylic acids is 1. The van der Waals surface area contributed by atoms with Gasteiger partial charge in [0.1, 0.15) is 18.1 Å². The van der Waals surface area contributed by atoms with Gasteiger partial charge in [-0.1, -0.05) is 17.7 Å². The Kier molecular flexibility index (Phi) is 4.44. The van der Waals surface area contributed by atoms with Gasteiger partial charge in [-0.15, -0.1) is 0 Å². The summed E-state index contributed by atoms with van der Waals surface area (Å²) >= 11 is 6.26. The van der Waals surface area contributed by atoms with Crippen LogP contribution in [0.2, 0.25) is 5.02 Å². The molecule has 1 aromatic heterocycles. The summed E-state index contributed by atoms with van der Waals surface area (Å²) in [5, 5.41) is 7.77. The number of nitrogens with zero attached hydrogens (tertiary/aromatic N) is 3. The molecule has 1 aliphatic rings. The molecule has 0 fully saturated rings. The van der Waals surface area contributed by atoms with Crippen molar-refractivity contribution in [3.63, 3.8) is 0 Å². The van der Waals surface area contributed by atoms with E-state index in [0.29, 0.717) is 28.0 Å². The van der Waals surface area contributed by atoms with Crippen molar-refractivity contribution in [2.24, 2.45) is 0 Å². The fourth-order valence-corrected chi connectivity index (χ4v) is 2.99. The Morgan fingerprint density at radius 2 is 2.25 bits per heavy atom. The highest BCUT2D eigenvalue weighted by molar-refractivity contribution is 6.32. The molecule has 0 unspecified atom stereocenters. The van der Waals surface area contributed by atoms with Crippen LogP contribution in [-0.4, -0.2) is 34.5 Å². The number of allylic oxidation sites excluding steroid dienone is 1. The monoisotopic (exact) mass is 348 g/mol. The first-order valence-corrected chi connectivity index (χ1v) is 7.82. The second-order valence-corrected chi connectivity index (χ2v) is 5.62. The summed E-state index contributed by atoms with van der Waals surface area (Å²) in [4.78, 5) is 16.7. The molecular weight excluding hydrogens is 332 g/mol. The number of halogens is 1. The van der Waals surface area contributed by atoms with Crippen LogP contribution in [0.15, 0.2) is 35.8 Å². The molecule has 8 heteroatoms. The lowest BCUT2D eigenvalue weighted by Crippen LogP contribution is -2.29. The second kappa shape index (κ2) is 6.52. The van der Waals surface area contributed by atoms with E-state index in [9.17, 15) is 4.79 Å². The highest BCUT2D eigenvalue weighted by Gasteiger charge is 2.34. The molecule has 24 heavy (non-hydrogen) atoms. The van der Waals surface area contributed by atoms with Crippen LogP contribution in [0.3, 0.4) is 0 Å². The number of nitrogens with one attached hydrogen (secondary N) is 1. The standard InChI is InChI=1S/C16H17ClN4O3/c1-4-24-15(22)13-9(2)20-16-18-8-19-21(16)14(13)10-5-6-12(23-3)11(17)7-10/h5-8,14H,4H2,1-3H3,(H,18,19,20)/t14-/m0/s1. The largest absolute Gasteiger partial charge is 0.495 e. The molecule has 0 radical (unpaired) electrons. The number of hydrogen-bond donors (Lipinski definition) is 1. The molecule has 0 saturated heterocycles. The van der Waals surface area contributed by atoms with E-state index in [0.717, 1.165) is 5.56 Å². The lowest BCUT2D eigenvalue weighted by atomic mass is 9.95. The van der Waals surface area contributed by atoms with Crippen molar-refractivity contribution in [2.75, 3.05) is 19.0 Å². The minimum Gasteiger partial charge on any atom is -0.495 e. The Morgan fingerprint density at radius 3 is 2.92 bits per heavy atom. The Bertz CT molecular complexity index is 815. The van der Waals surface area contributed by atoms with Gasteiger partial charge in [0.25, 0.3) is 0 Å². The number of aromatic nitrogens is 3. The third kappa shape index (κ3) is 2.71. The molecular formula is C16H17ClN4O3. The zero-order valence-corrected chi connectivity index (χ0v) is 14.3. The summed E-state index contributed by atoms with van der Waals surface area (Å²) in [6.45, 7) is 3.86. The van der Waals surface area contributed by atoms with E-state index in [2.05, 4.69) is 15.4 Å². The minimum atomic E-state index is -0.480. The predicted molar refractivity (Wildman–Crippen MR) is 89.1 cm³/mol. The van der Waals surface area contributed by atoms with E-state index in [4.69, 9.17) is 21.1 Å². The summed E-state index contributed by atoms with van der Waals surface area (Å²) in [7, 11) is 1.55. The quantitative estimate of drug-likeness (QED) is 0.856. The first-order chi connectivity index (χ1) is 11.6. The van der Waals surface area contributed by atoms with Crippen LogP contribution in [0.5, 0.6) is 5.75 Å². The highest BCUT2D eigenvalue weighted by atomic mass is 35.5. The third-order valence-electron chi connectivity index (χ3n) is 3.78. The average molecular weight is 349 g/mol. The number of methoxy groups -OCH3 is 1. The van der Waals surface area contributed by atoms with Crippen molar-refractivity contribution in [1.29, 1.82) is 0 Å². The van der Waals surface area contributed by atoms with Crippen LogP contribution < -0.4 is 10.1 Å². The number of rotatable bonds is 4. The van der Waals surface area contributed by atoms with Gasteiger partial charge in [-0.05, 0) is 31.5 Å². The van der Waals surface area contributed by atoms with Gasteiger partial charge in [0.05, 0.1) is 24.3 Å². The number of benzene rings is 1. The topological polar surface area (TPSA) is 78.3 Å². The molecule has 126 valence electrons. The number of carbonyl (C=O) groups is 1. The minimum absolute atomic E-state index is 0.288. The molecule has 1 atom stereocenters. The third-order valence-corrected chi connectivity index (χ3v) is 4.08. The van der Waals surface area contributed by atoms with Gasteiger partial charge in [0.15, 0.2) is 0 Å². The van der Waals surface area contributed by atoms with Crippen LogP contribution in [0.25, 0.3) is 0 Å². The van der Waals surface area contributed by atoms with Gasteiger partial charge < -0.3 is 14.8 Å². The van der Waals surface area contributed by atoms with Gasteiger partial charge >= 0.3 is 5.97 Å². The number of anilines is 1. The van der Waals surface area contributed by atoms with Crippen molar-refractivity contribution in [3.05, 3.63) is 46.4 Å². The van der Waals surface area contributed by atoms with Gasteiger partial charge in [-0.25, -0.2) is 9.48 Å². The van der Waals surface area contributed by atoms with Gasteiger partial charge in [-0.3, -0.25) is 0 Å². The molecule has 0 spiro atoms. The van der Waals surface area contributed by atoms with Crippen molar-refractivity contribution in [2.45, 2.75) is 19.9 Å². The van der Waals surface area contributed by atoms with E-state index in [1.54, 1.807) is 30.8 Å². The van der Waals surface area contributed by atoms with E-state index < -0.39 is 12.0 Å². The maximum Gasteiger partial charge on any atom is 0.338 e. The Labute approximate surface area is 144 Å². The summed E-state index contributed by atoms with van der Waals surface area (Å²) in [5.41, 5.74) is 1.93. The predicted octanol–water partition coefficient (Wildman–Crippen LogP) is 2.79. The summed E-state index contributed by atoms with van der Waals surface area (Å²) < 4.78 is 12.0. The van der Waals surface area contributed by atoms with Crippen molar-refractivity contribution >= 4 is 23.5 Å². The zero-order valence-electron chi connectivity index (χ0n) is 13.5. The van der Waals surface area contributed by atoms with Crippen LogP contribution in [0, 0.1) is 0 Å². The molecule has 0 aliphatic carbocycles. The van der Waals surface area contributed by atoms with Gasteiger partial charge in [-0.2, -0.15) is 10.1 Å². The number of esters is 1. The molecule has 0 saturated carbocycles. The summed E-state index contributed by atoms with van der Waals surface area (Å²) in [5.74, 6) is 0.713. The zero-order chi connectivity index (χ0) is 17.3. The number of ether oxygens (including phenoxy) is 2. The van der Waals surface area contributed by atoms with E-state index in [1.165, 1.54) is 6.33 Å². The number of fused-ring (bicyclic) bond motifs is 1. The lowest BCUT2D eigenvalue weighted by Gasteiger charge is -2.28. The van der Waals surface area contributed by atoms with Gasteiger partial charge in [0, 0.05) is 5.70 Å². The van der Waals surface area contributed by atoms with Gasteiger partial charge in [0.2, 0.25) is 5.95 Å². The molecule has 2 aromatic rings. The smallest absolute Gasteiger partial charge is 0.338 e. The Hall–Kier alpha value is -2.54.